The molecule has 2 aromatic carbocycles. The molecule has 0 aliphatic carbocycles. The summed E-state index contributed by atoms with van der Waals surface area (Å²) in [6.07, 6.45) is 1.64. The molecule has 1 aliphatic heterocycles. The third-order valence-electron chi connectivity index (χ3n) is 5.17. The topological polar surface area (TPSA) is 102 Å². The van der Waals surface area contributed by atoms with Gasteiger partial charge in [0.25, 0.3) is 5.78 Å². The minimum absolute atomic E-state index is 0.0261. The third kappa shape index (κ3) is 4.42. The van der Waals surface area contributed by atoms with Gasteiger partial charge in [-0.25, -0.2) is 0 Å². The Kier molecular flexibility index (Phi) is 6.74. The van der Waals surface area contributed by atoms with Crippen molar-refractivity contribution in [1.29, 1.82) is 0 Å². The number of ketones is 1. The number of aliphatic hydroxyl groups excluding tert-OH is 1. The number of amides is 1. The summed E-state index contributed by atoms with van der Waals surface area (Å²) < 4.78 is 11.0. The predicted octanol–water partition coefficient (Wildman–Crippen LogP) is 4.44. The molecule has 1 N–H and O–H groups in total. The Balaban J connectivity index is 1.82. The number of hydrogen-bond donors (Lipinski definition) is 1. The molecular formula is C25H23N3O5S. The van der Waals surface area contributed by atoms with Gasteiger partial charge in [-0.05, 0) is 55.8 Å². The van der Waals surface area contributed by atoms with E-state index in [9.17, 15) is 14.7 Å². The fourth-order valence-electron chi connectivity index (χ4n) is 3.66. The Labute approximate surface area is 200 Å². The van der Waals surface area contributed by atoms with Crippen LogP contribution in [-0.4, -0.2) is 40.2 Å². The molecule has 0 spiro atoms. The maximum Gasteiger partial charge on any atom is 0.301 e. The fourth-order valence-corrected chi connectivity index (χ4v) is 4.38. The summed E-state index contributed by atoms with van der Waals surface area (Å²) in [5.41, 5.74) is 0.984. The van der Waals surface area contributed by atoms with Crippen molar-refractivity contribution < 1.29 is 24.2 Å². The molecule has 174 valence electrons. The number of hydrogen-bond acceptors (Lipinski definition) is 8. The first-order chi connectivity index (χ1) is 16.4. The van der Waals surface area contributed by atoms with Crippen molar-refractivity contribution in [2.24, 2.45) is 0 Å². The molecular weight excluding hydrogens is 454 g/mol. The number of aryl methyl sites for hydroxylation is 1. The predicted molar refractivity (Wildman–Crippen MR) is 129 cm³/mol. The molecule has 34 heavy (non-hydrogen) atoms. The van der Waals surface area contributed by atoms with Gasteiger partial charge in [-0.2, -0.15) is 0 Å². The van der Waals surface area contributed by atoms with Gasteiger partial charge in [0.2, 0.25) is 5.13 Å². The summed E-state index contributed by atoms with van der Waals surface area (Å²) >= 11 is 1.19. The molecule has 9 heteroatoms. The highest BCUT2D eigenvalue weighted by Gasteiger charge is 2.48. The van der Waals surface area contributed by atoms with Crippen molar-refractivity contribution >= 4 is 33.9 Å². The Morgan fingerprint density at radius 1 is 1.09 bits per heavy atom. The summed E-state index contributed by atoms with van der Waals surface area (Å²) in [6.45, 7) is 8.12. The van der Waals surface area contributed by atoms with Crippen molar-refractivity contribution in [2.45, 2.75) is 19.9 Å². The van der Waals surface area contributed by atoms with Crippen LogP contribution in [0.5, 0.6) is 11.5 Å². The molecule has 3 aromatic rings. The second-order valence-corrected chi connectivity index (χ2v) is 8.56. The first-order valence-electron chi connectivity index (χ1n) is 10.6. The Hall–Kier alpha value is -3.98. The van der Waals surface area contributed by atoms with E-state index in [1.165, 1.54) is 16.2 Å². The lowest BCUT2D eigenvalue weighted by Gasteiger charge is -2.22. The molecule has 1 saturated heterocycles. The Bertz CT molecular complexity index is 1250. The zero-order valence-corrected chi connectivity index (χ0v) is 19.5. The minimum atomic E-state index is -0.882. The number of anilines is 1. The number of carbonyl (C=O) groups is 2. The van der Waals surface area contributed by atoms with E-state index in [2.05, 4.69) is 16.8 Å². The number of nitrogens with zero attached hydrogens (tertiary/aromatic N) is 3. The number of carbonyl (C=O) groups excluding carboxylic acids is 2. The number of rotatable bonds is 8. The fraction of sp³-hybridized carbons (Fsp3) is 0.200. The van der Waals surface area contributed by atoms with E-state index < -0.39 is 17.7 Å². The van der Waals surface area contributed by atoms with Gasteiger partial charge in [-0.1, -0.05) is 36.1 Å². The molecule has 0 bridgehead atoms. The van der Waals surface area contributed by atoms with E-state index in [0.29, 0.717) is 40.8 Å². The summed E-state index contributed by atoms with van der Waals surface area (Å²) in [5, 5.41) is 20.2. The average Bonchev–Trinajstić information content (AvgIpc) is 3.38. The molecule has 8 nitrogen and oxygen atoms in total. The van der Waals surface area contributed by atoms with Gasteiger partial charge in [0.05, 0.1) is 18.2 Å². The second-order valence-electron chi connectivity index (χ2n) is 7.40. The van der Waals surface area contributed by atoms with Crippen LogP contribution in [0.15, 0.2) is 66.8 Å². The minimum Gasteiger partial charge on any atom is -0.507 e. The SMILES string of the molecule is C=CCOc1ccc(C2/C(=C(\O)c3ccc(OCC)cc3)C(=O)C(=O)N2c2nnc(C)s2)cc1. The Morgan fingerprint density at radius 3 is 2.32 bits per heavy atom. The summed E-state index contributed by atoms with van der Waals surface area (Å²) in [7, 11) is 0. The summed E-state index contributed by atoms with van der Waals surface area (Å²) in [6, 6.07) is 12.8. The van der Waals surface area contributed by atoms with Crippen molar-refractivity contribution in [1.82, 2.24) is 10.2 Å². The first-order valence-corrected chi connectivity index (χ1v) is 11.4. The molecule has 1 aliphatic rings. The second kappa shape index (κ2) is 9.88. The number of benzene rings is 2. The van der Waals surface area contributed by atoms with Crippen LogP contribution < -0.4 is 14.4 Å². The van der Waals surface area contributed by atoms with Gasteiger partial charge in [0.1, 0.15) is 28.9 Å². The normalized spacial score (nSPS) is 17.1. The molecule has 0 radical (unpaired) electrons. The number of Topliss-reactive ketones (excluding diaryl/α,β-unsaturated/α-hetero) is 1. The highest BCUT2D eigenvalue weighted by atomic mass is 32.1. The van der Waals surface area contributed by atoms with Crippen LogP contribution in [0.4, 0.5) is 5.13 Å². The number of ether oxygens (including phenoxy) is 2. The van der Waals surface area contributed by atoms with Crippen LogP contribution in [0.2, 0.25) is 0 Å². The Morgan fingerprint density at radius 2 is 1.74 bits per heavy atom. The standard InChI is InChI=1S/C25H23N3O5S/c1-4-14-33-19-10-6-16(7-11-19)21-20(22(29)17-8-12-18(13-9-17)32-5-2)23(30)24(31)28(21)25-27-26-15(3)34-25/h4,6-13,21,29H,1,5,14H2,2-3H3/b22-20+. The van der Waals surface area contributed by atoms with Gasteiger partial charge in [0.15, 0.2) is 0 Å². The molecule has 1 amide bonds. The van der Waals surface area contributed by atoms with Crippen LogP contribution in [-0.2, 0) is 9.59 Å². The van der Waals surface area contributed by atoms with Crippen LogP contribution in [0.3, 0.4) is 0 Å². The van der Waals surface area contributed by atoms with E-state index >= 15 is 0 Å². The summed E-state index contributed by atoms with van der Waals surface area (Å²) in [4.78, 5) is 27.6. The van der Waals surface area contributed by atoms with Crippen LogP contribution in [0, 0.1) is 6.92 Å². The summed E-state index contributed by atoms with van der Waals surface area (Å²) in [5.74, 6) is -0.603. The lowest BCUT2D eigenvalue weighted by molar-refractivity contribution is -0.132. The monoisotopic (exact) mass is 477 g/mol. The molecule has 1 fully saturated rings. The molecule has 0 saturated carbocycles. The molecule has 4 rings (SSSR count). The third-order valence-corrected chi connectivity index (χ3v) is 6.01. The van der Waals surface area contributed by atoms with E-state index in [0.717, 1.165) is 0 Å². The number of aliphatic hydroxyl groups is 1. The maximum atomic E-state index is 13.2. The molecule has 1 aromatic heterocycles. The van der Waals surface area contributed by atoms with E-state index in [1.807, 2.05) is 6.92 Å². The number of aromatic nitrogens is 2. The maximum absolute atomic E-state index is 13.2. The quantitative estimate of drug-likeness (QED) is 0.222. The largest absolute Gasteiger partial charge is 0.507 e. The average molecular weight is 478 g/mol. The van der Waals surface area contributed by atoms with E-state index in [1.54, 1.807) is 61.5 Å². The van der Waals surface area contributed by atoms with Crippen LogP contribution in [0.1, 0.15) is 29.1 Å². The van der Waals surface area contributed by atoms with Gasteiger partial charge < -0.3 is 14.6 Å². The van der Waals surface area contributed by atoms with Gasteiger partial charge >= 0.3 is 5.91 Å². The highest BCUT2D eigenvalue weighted by Crippen LogP contribution is 2.43. The van der Waals surface area contributed by atoms with Crippen molar-refractivity contribution in [3.05, 3.63) is 82.9 Å². The molecule has 1 unspecified atom stereocenters. The lowest BCUT2D eigenvalue weighted by atomic mass is 9.95. The van der Waals surface area contributed by atoms with Crippen molar-refractivity contribution in [3.63, 3.8) is 0 Å². The van der Waals surface area contributed by atoms with Crippen molar-refractivity contribution in [3.8, 4) is 11.5 Å². The van der Waals surface area contributed by atoms with Crippen LogP contribution >= 0.6 is 11.3 Å². The van der Waals surface area contributed by atoms with E-state index in [-0.39, 0.29) is 16.5 Å². The zero-order valence-electron chi connectivity index (χ0n) is 18.7. The first kappa shape index (κ1) is 23.2. The van der Waals surface area contributed by atoms with Gasteiger partial charge in [-0.3, -0.25) is 14.5 Å². The molecule has 1 atom stereocenters. The van der Waals surface area contributed by atoms with Crippen LogP contribution in [0.25, 0.3) is 5.76 Å². The molecule has 2 heterocycles. The van der Waals surface area contributed by atoms with Crippen molar-refractivity contribution in [2.75, 3.05) is 18.1 Å². The zero-order chi connectivity index (χ0) is 24.2. The smallest absolute Gasteiger partial charge is 0.301 e. The van der Waals surface area contributed by atoms with E-state index in [4.69, 9.17) is 9.47 Å². The lowest BCUT2D eigenvalue weighted by Crippen LogP contribution is -2.29. The van der Waals surface area contributed by atoms with Gasteiger partial charge in [-0.15, -0.1) is 10.2 Å². The highest BCUT2D eigenvalue weighted by molar-refractivity contribution is 7.15. The van der Waals surface area contributed by atoms with Gasteiger partial charge in [0, 0.05) is 5.56 Å².